The lowest BCUT2D eigenvalue weighted by Crippen LogP contribution is -2.39. The van der Waals surface area contributed by atoms with Gasteiger partial charge in [-0.1, -0.05) is 12.1 Å². The molecule has 2 amide bonds. The second kappa shape index (κ2) is 12.2. The van der Waals surface area contributed by atoms with Crippen LogP contribution < -0.4 is 14.2 Å². The molecular weight excluding hydrogens is 456 g/mol. The van der Waals surface area contributed by atoms with Crippen molar-refractivity contribution in [2.45, 2.75) is 58.5 Å². The number of rotatable bonds is 11. The van der Waals surface area contributed by atoms with E-state index in [-0.39, 0.29) is 24.5 Å². The molecule has 2 fully saturated rings. The van der Waals surface area contributed by atoms with Crippen LogP contribution in [0.2, 0.25) is 0 Å². The van der Waals surface area contributed by atoms with Gasteiger partial charge in [-0.15, -0.1) is 0 Å². The topological polar surface area (TPSA) is 68.3 Å². The van der Waals surface area contributed by atoms with Gasteiger partial charge in [0.15, 0.2) is 18.1 Å². The Labute approximate surface area is 214 Å². The highest BCUT2D eigenvalue weighted by molar-refractivity contribution is 5.95. The Morgan fingerprint density at radius 2 is 1.72 bits per heavy atom. The maximum absolute atomic E-state index is 13.7. The Morgan fingerprint density at radius 1 is 1.00 bits per heavy atom. The van der Waals surface area contributed by atoms with Gasteiger partial charge < -0.3 is 24.0 Å². The van der Waals surface area contributed by atoms with Gasteiger partial charge in [0.25, 0.3) is 11.8 Å². The zero-order valence-electron chi connectivity index (χ0n) is 21.7. The number of piperidine rings is 1. The van der Waals surface area contributed by atoms with E-state index < -0.39 is 0 Å². The quantitative estimate of drug-likeness (QED) is 0.443. The number of likely N-dealkylation sites (tertiary alicyclic amines) is 1. The monoisotopic (exact) mass is 494 g/mol. The largest absolute Gasteiger partial charge is 0.497 e. The number of carbonyl (C=O) groups excluding carboxylic acids is 2. The first-order valence-electron chi connectivity index (χ1n) is 13.1. The third-order valence-corrected chi connectivity index (χ3v) is 7.12. The van der Waals surface area contributed by atoms with Crippen molar-refractivity contribution >= 4 is 11.8 Å². The Bertz CT molecular complexity index is 1030. The van der Waals surface area contributed by atoms with Crippen molar-refractivity contribution < 1.29 is 23.8 Å². The van der Waals surface area contributed by atoms with Gasteiger partial charge in [0.05, 0.1) is 13.7 Å². The minimum Gasteiger partial charge on any atom is -0.497 e. The molecule has 1 saturated carbocycles. The van der Waals surface area contributed by atoms with Gasteiger partial charge in [-0.2, -0.15) is 0 Å². The SMILES string of the molecule is CCOc1cc(C(=O)N(Cc2ccc(OC)cc2)C(C)C2CC2)ccc1OCC(=O)N1CCCCC1. The van der Waals surface area contributed by atoms with Crippen LogP contribution in [0.5, 0.6) is 17.2 Å². The summed E-state index contributed by atoms with van der Waals surface area (Å²) in [5.41, 5.74) is 1.60. The lowest BCUT2D eigenvalue weighted by atomic mass is 10.1. The van der Waals surface area contributed by atoms with Crippen molar-refractivity contribution in [3.63, 3.8) is 0 Å². The first-order valence-corrected chi connectivity index (χ1v) is 13.1. The highest BCUT2D eigenvalue weighted by Crippen LogP contribution is 2.37. The van der Waals surface area contributed by atoms with Gasteiger partial charge in [0.2, 0.25) is 0 Å². The van der Waals surface area contributed by atoms with Crippen LogP contribution in [-0.2, 0) is 11.3 Å². The summed E-state index contributed by atoms with van der Waals surface area (Å²) in [5.74, 6) is 2.24. The second-order valence-electron chi connectivity index (χ2n) is 9.68. The van der Waals surface area contributed by atoms with Crippen LogP contribution >= 0.6 is 0 Å². The average molecular weight is 495 g/mol. The fourth-order valence-corrected chi connectivity index (χ4v) is 4.73. The minimum absolute atomic E-state index is 0.0128. The van der Waals surface area contributed by atoms with E-state index in [4.69, 9.17) is 14.2 Å². The molecule has 194 valence electrons. The van der Waals surface area contributed by atoms with Crippen LogP contribution in [0.15, 0.2) is 42.5 Å². The minimum atomic E-state index is -0.0397. The summed E-state index contributed by atoms with van der Waals surface area (Å²) in [6, 6.07) is 13.2. The van der Waals surface area contributed by atoms with Crippen molar-refractivity contribution in [2.75, 3.05) is 33.4 Å². The smallest absolute Gasteiger partial charge is 0.260 e. The second-order valence-corrected chi connectivity index (χ2v) is 9.68. The fourth-order valence-electron chi connectivity index (χ4n) is 4.73. The lowest BCUT2D eigenvalue weighted by molar-refractivity contribution is -0.134. The van der Waals surface area contributed by atoms with Gasteiger partial charge >= 0.3 is 0 Å². The van der Waals surface area contributed by atoms with Crippen molar-refractivity contribution in [2.24, 2.45) is 5.92 Å². The maximum Gasteiger partial charge on any atom is 0.260 e. The van der Waals surface area contributed by atoms with E-state index in [1.807, 2.05) is 41.0 Å². The molecule has 2 aromatic rings. The molecule has 0 spiro atoms. The lowest BCUT2D eigenvalue weighted by Gasteiger charge is -2.30. The first kappa shape index (κ1) is 25.9. The van der Waals surface area contributed by atoms with E-state index >= 15 is 0 Å². The van der Waals surface area contributed by atoms with E-state index in [9.17, 15) is 9.59 Å². The normalized spacial score (nSPS) is 16.2. The Kier molecular flexibility index (Phi) is 8.73. The molecule has 0 N–H and O–H groups in total. The maximum atomic E-state index is 13.7. The molecule has 0 aromatic heterocycles. The number of hydrogen-bond acceptors (Lipinski definition) is 5. The van der Waals surface area contributed by atoms with Gasteiger partial charge in [-0.25, -0.2) is 0 Å². The highest BCUT2D eigenvalue weighted by Gasteiger charge is 2.35. The number of benzene rings is 2. The van der Waals surface area contributed by atoms with Gasteiger partial charge in [0.1, 0.15) is 5.75 Å². The number of methoxy groups -OCH3 is 1. The molecule has 7 nitrogen and oxygen atoms in total. The molecule has 7 heteroatoms. The summed E-state index contributed by atoms with van der Waals surface area (Å²) < 4.78 is 16.9. The van der Waals surface area contributed by atoms with E-state index in [1.54, 1.807) is 25.3 Å². The van der Waals surface area contributed by atoms with Crippen LogP contribution in [0, 0.1) is 5.92 Å². The molecule has 1 unspecified atom stereocenters. The third-order valence-electron chi connectivity index (χ3n) is 7.12. The summed E-state index contributed by atoms with van der Waals surface area (Å²) in [5, 5.41) is 0. The Hall–Kier alpha value is -3.22. The zero-order valence-corrected chi connectivity index (χ0v) is 21.7. The molecule has 2 aliphatic rings. The fraction of sp³-hybridized carbons (Fsp3) is 0.517. The van der Waals surface area contributed by atoms with E-state index in [0.29, 0.717) is 36.1 Å². The molecule has 1 saturated heterocycles. The molecule has 0 bridgehead atoms. The molecule has 4 rings (SSSR count). The number of ether oxygens (including phenoxy) is 3. The third kappa shape index (κ3) is 6.50. The summed E-state index contributed by atoms with van der Waals surface area (Å²) in [6.07, 6.45) is 5.55. The average Bonchev–Trinajstić information content (AvgIpc) is 3.77. The Balaban J connectivity index is 1.49. The van der Waals surface area contributed by atoms with E-state index in [0.717, 1.165) is 50.1 Å². The molecule has 1 heterocycles. The number of amides is 2. The molecule has 1 atom stereocenters. The van der Waals surface area contributed by atoms with Gasteiger partial charge in [-0.3, -0.25) is 9.59 Å². The van der Waals surface area contributed by atoms with Crippen LogP contribution in [-0.4, -0.2) is 61.1 Å². The predicted molar refractivity (Wildman–Crippen MR) is 139 cm³/mol. The van der Waals surface area contributed by atoms with Crippen molar-refractivity contribution in [1.82, 2.24) is 9.80 Å². The molecular formula is C29H38N2O5. The van der Waals surface area contributed by atoms with Crippen molar-refractivity contribution in [3.05, 3.63) is 53.6 Å². The van der Waals surface area contributed by atoms with Crippen LogP contribution in [0.1, 0.15) is 61.9 Å². The number of nitrogens with zero attached hydrogens (tertiary/aromatic N) is 2. The van der Waals surface area contributed by atoms with Gasteiger partial charge in [0, 0.05) is 31.2 Å². The first-order chi connectivity index (χ1) is 17.5. The summed E-state index contributed by atoms with van der Waals surface area (Å²) in [7, 11) is 1.65. The van der Waals surface area contributed by atoms with Gasteiger partial charge in [-0.05, 0) is 87.8 Å². The zero-order chi connectivity index (χ0) is 25.5. The summed E-state index contributed by atoms with van der Waals surface area (Å²) in [4.78, 5) is 30.1. The van der Waals surface area contributed by atoms with Crippen molar-refractivity contribution in [1.29, 1.82) is 0 Å². The molecule has 2 aromatic carbocycles. The van der Waals surface area contributed by atoms with Crippen LogP contribution in [0.3, 0.4) is 0 Å². The van der Waals surface area contributed by atoms with E-state index in [2.05, 4.69) is 6.92 Å². The van der Waals surface area contributed by atoms with Crippen LogP contribution in [0.25, 0.3) is 0 Å². The van der Waals surface area contributed by atoms with Crippen molar-refractivity contribution in [3.8, 4) is 17.2 Å². The molecule has 1 aliphatic heterocycles. The highest BCUT2D eigenvalue weighted by atomic mass is 16.5. The molecule has 0 radical (unpaired) electrons. The molecule has 36 heavy (non-hydrogen) atoms. The van der Waals surface area contributed by atoms with E-state index in [1.165, 1.54) is 6.42 Å². The predicted octanol–water partition coefficient (Wildman–Crippen LogP) is 4.93. The Morgan fingerprint density at radius 3 is 2.36 bits per heavy atom. The van der Waals surface area contributed by atoms with Crippen LogP contribution in [0.4, 0.5) is 0 Å². The number of carbonyl (C=O) groups is 2. The summed E-state index contributed by atoms with van der Waals surface area (Å²) in [6.45, 7) is 6.52. The molecule has 1 aliphatic carbocycles. The summed E-state index contributed by atoms with van der Waals surface area (Å²) >= 11 is 0. The number of hydrogen-bond donors (Lipinski definition) is 0. The standard InChI is InChI=1S/C29H38N2O5/c1-4-35-27-18-24(12-15-26(27)36-20-28(32)30-16-6-5-7-17-30)29(33)31(21(2)23-10-11-23)19-22-8-13-25(34-3)14-9-22/h8-9,12-15,18,21,23H,4-7,10-11,16-17,19-20H2,1-3H3.